The van der Waals surface area contributed by atoms with Gasteiger partial charge in [-0.2, -0.15) is 0 Å². The van der Waals surface area contributed by atoms with Crippen LogP contribution in [0.4, 0.5) is 0 Å². The molecule has 1 amide bonds. The minimum atomic E-state index is -1.16. The van der Waals surface area contributed by atoms with E-state index in [4.69, 9.17) is 9.84 Å². The van der Waals surface area contributed by atoms with E-state index in [9.17, 15) is 14.4 Å². The third kappa shape index (κ3) is 5.40. The van der Waals surface area contributed by atoms with Crippen LogP contribution in [-0.4, -0.2) is 48.3 Å². The molecule has 7 heteroatoms. The third-order valence-electron chi connectivity index (χ3n) is 2.75. The molecule has 20 heavy (non-hydrogen) atoms. The molecule has 1 saturated heterocycles. The largest absolute Gasteiger partial charge is 0.480 e. The van der Waals surface area contributed by atoms with Crippen LogP contribution in [0.1, 0.15) is 26.2 Å². The maximum absolute atomic E-state index is 11.7. The van der Waals surface area contributed by atoms with Gasteiger partial charge in [-0.3, -0.25) is 4.79 Å². The van der Waals surface area contributed by atoms with Crippen LogP contribution in [0.5, 0.6) is 0 Å². The van der Waals surface area contributed by atoms with Gasteiger partial charge in [0, 0.05) is 12.7 Å². The van der Waals surface area contributed by atoms with Crippen LogP contribution in [-0.2, 0) is 23.9 Å². The Hall–Kier alpha value is -1.89. The van der Waals surface area contributed by atoms with Gasteiger partial charge in [0.05, 0.1) is 6.61 Å². The summed E-state index contributed by atoms with van der Waals surface area (Å²) in [5.74, 6) is -2.13. The smallest absolute Gasteiger partial charge is 0.330 e. The number of ether oxygens (including phenoxy) is 2. The molecule has 1 aliphatic heterocycles. The molecule has 0 radical (unpaired) electrons. The summed E-state index contributed by atoms with van der Waals surface area (Å²) < 4.78 is 9.84. The molecule has 1 rings (SSSR count). The SMILES string of the molecule is CCOC(=O)/C=C/C[C@H](NC(=O)[C@H]1CCCO1)C(=O)O. The molecule has 0 aromatic carbocycles. The van der Waals surface area contributed by atoms with E-state index >= 15 is 0 Å². The van der Waals surface area contributed by atoms with Crippen LogP contribution in [0.3, 0.4) is 0 Å². The standard InChI is InChI=1S/C13H19NO6/c1-2-19-11(15)7-3-5-9(13(17)18)14-12(16)10-6-4-8-20-10/h3,7,9-10H,2,4-6,8H2,1H3,(H,14,16)(H,17,18)/b7-3+/t9-,10+/m0/s1. The lowest BCUT2D eigenvalue weighted by atomic mass is 10.1. The first-order valence-electron chi connectivity index (χ1n) is 6.52. The Morgan fingerprint density at radius 3 is 2.80 bits per heavy atom. The van der Waals surface area contributed by atoms with E-state index in [0.29, 0.717) is 13.0 Å². The van der Waals surface area contributed by atoms with Crippen molar-refractivity contribution in [3.63, 3.8) is 0 Å². The molecule has 2 atom stereocenters. The van der Waals surface area contributed by atoms with E-state index in [2.05, 4.69) is 10.1 Å². The molecule has 7 nitrogen and oxygen atoms in total. The van der Waals surface area contributed by atoms with E-state index in [0.717, 1.165) is 12.5 Å². The number of nitrogens with one attached hydrogen (secondary N) is 1. The van der Waals surface area contributed by atoms with Crippen molar-refractivity contribution in [1.82, 2.24) is 5.32 Å². The van der Waals surface area contributed by atoms with E-state index in [1.165, 1.54) is 6.08 Å². The first-order chi connectivity index (χ1) is 9.54. The maximum Gasteiger partial charge on any atom is 0.330 e. The van der Waals surface area contributed by atoms with E-state index < -0.39 is 30.0 Å². The molecular formula is C13H19NO6. The zero-order valence-electron chi connectivity index (χ0n) is 11.3. The van der Waals surface area contributed by atoms with Crippen LogP contribution in [0.25, 0.3) is 0 Å². The topological polar surface area (TPSA) is 102 Å². The van der Waals surface area contributed by atoms with E-state index in [-0.39, 0.29) is 13.0 Å². The van der Waals surface area contributed by atoms with Gasteiger partial charge in [0.15, 0.2) is 0 Å². The van der Waals surface area contributed by atoms with Crippen LogP contribution in [0, 0.1) is 0 Å². The minimum Gasteiger partial charge on any atom is -0.480 e. The Kier molecular flexibility index (Phi) is 6.72. The number of carboxylic acids is 1. The fraction of sp³-hybridized carbons (Fsp3) is 0.615. The number of hydrogen-bond donors (Lipinski definition) is 2. The minimum absolute atomic E-state index is 0.00656. The highest BCUT2D eigenvalue weighted by molar-refractivity contribution is 5.87. The fourth-order valence-electron chi connectivity index (χ4n) is 1.76. The summed E-state index contributed by atoms with van der Waals surface area (Å²) in [4.78, 5) is 33.9. The number of carboxylic acid groups (broad SMARTS) is 1. The average Bonchev–Trinajstić information content (AvgIpc) is 2.91. The highest BCUT2D eigenvalue weighted by atomic mass is 16.5. The second kappa shape index (κ2) is 8.31. The van der Waals surface area contributed by atoms with Gasteiger partial charge in [0.2, 0.25) is 5.91 Å². The van der Waals surface area contributed by atoms with Crippen molar-refractivity contribution in [2.75, 3.05) is 13.2 Å². The van der Waals surface area contributed by atoms with Crippen molar-refractivity contribution in [3.05, 3.63) is 12.2 Å². The number of aliphatic carboxylic acids is 1. The molecule has 1 heterocycles. The second-order valence-electron chi connectivity index (χ2n) is 4.29. The first-order valence-corrected chi connectivity index (χ1v) is 6.52. The second-order valence-corrected chi connectivity index (χ2v) is 4.29. The van der Waals surface area contributed by atoms with E-state index in [1.54, 1.807) is 6.92 Å². The Balaban J connectivity index is 2.45. The van der Waals surface area contributed by atoms with Gasteiger partial charge in [0.25, 0.3) is 0 Å². The molecule has 0 aliphatic carbocycles. The zero-order chi connectivity index (χ0) is 15.0. The predicted molar refractivity (Wildman–Crippen MR) is 68.9 cm³/mol. The molecule has 112 valence electrons. The van der Waals surface area contributed by atoms with Gasteiger partial charge in [-0.05, 0) is 26.2 Å². The highest BCUT2D eigenvalue weighted by Gasteiger charge is 2.27. The predicted octanol–water partition coefficient (Wildman–Crippen LogP) is 0.244. The van der Waals surface area contributed by atoms with Crippen molar-refractivity contribution in [3.8, 4) is 0 Å². The number of carbonyl (C=O) groups is 3. The average molecular weight is 285 g/mol. The van der Waals surface area contributed by atoms with Gasteiger partial charge in [-0.1, -0.05) is 6.08 Å². The molecule has 0 aromatic rings. The summed E-state index contributed by atoms with van der Waals surface area (Å²) in [7, 11) is 0. The summed E-state index contributed by atoms with van der Waals surface area (Å²) >= 11 is 0. The number of carbonyl (C=O) groups excluding carboxylic acids is 2. The highest BCUT2D eigenvalue weighted by Crippen LogP contribution is 2.12. The number of hydrogen-bond acceptors (Lipinski definition) is 5. The molecule has 0 spiro atoms. The number of esters is 1. The molecule has 0 bridgehead atoms. The monoisotopic (exact) mass is 285 g/mol. The van der Waals surface area contributed by atoms with Gasteiger partial charge >= 0.3 is 11.9 Å². The molecule has 2 N–H and O–H groups in total. The van der Waals surface area contributed by atoms with Gasteiger partial charge in [0.1, 0.15) is 12.1 Å². The maximum atomic E-state index is 11.7. The Morgan fingerprint density at radius 1 is 1.50 bits per heavy atom. The van der Waals surface area contributed by atoms with E-state index in [1.807, 2.05) is 0 Å². The lowest BCUT2D eigenvalue weighted by molar-refractivity contribution is -0.143. The van der Waals surface area contributed by atoms with Crippen molar-refractivity contribution in [2.24, 2.45) is 0 Å². The van der Waals surface area contributed by atoms with Crippen LogP contribution in [0.15, 0.2) is 12.2 Å². The van der Waals surface area contributed by atoms with Crippen molar-refractivity contribution in [2.45, 2.75) is 38.3 Å². The van der Waals surface area contributed by atoms with Crippen molar-refractivity contribution in [1.29, 1.82) is 0 Å². The lowest BCUT2D eigenvalue weighted by Gasteiger charge is -2.15. The van der Waals surface area contributed by atoms with Gasteiger partial charge < -0.3 is 19.9 Å². The molecule has 0 unspecified atom stereocenters. The summed E-state index contributed by atoms with van der Waals surface area (Å²) in [5.41, 5.74) is 0. The summed E-state index contributed by atoms with van der Waals surface area (Å²) in [6.45, 7) is 2.44. The molecular weight excluding hydrogens is 266 g/mol. The summed E-state index contributed by atoms with van der Waals surface area (Å²) in [6.07, 6.45) is 3.33. The Morgan fingerprint density at radius 2 is 2.25 bits per heavy atom. The van der Waals surface area contributed by atoms with Crippen molar-refractivity contribution < 1.29 is 29.0 Å². The molecule has 1 aliphatic rings. The third-order valence-corrected chi connectivity index (χ3v) is 2.75. The molecule has 1 fully saturated rings. The quantitative estimate of drug-likeness (QED) is 0.513. The lowest BCUT2D eigenvalue weighted by Crippen LogP contribution is -2.45. The van der Waals surface area contributed by atoms with Crippen molar-refractivity contribution >= 4 is 17.8 Å². The van der Waals surface area contributed by atoms with Crippen LogP contribution >= 0.6 is 0 Å². The summed E-state index contributed by atoms with van der Waals surface area (Å²) in [6, 6.07) is -1.09. The normalized spacial score (nSPS) is 19.8. The molecule has 0 aromatic heterocycles. The van der Waals surface area contributed by atoms with Crippen LogP contribution in [0.2, 0.25) is 0 Å². The fourth-order valence-corrected chi connectivity index (χ4v) is 1.76. The summed E-state index contributed by atoms with van der Waals surface area (Å²) in [5, 5.41) is 11.4. The van der Waals surface area contributed by atoms with Gasteiger partial charge in [-0.15, -0.1) is 0 Å². The number of rotatable bonds is 7. The molecule has 0 saturated carbocycles. The Bertz CT molecular complexity index is 386. The Labute approximate surface area is 116 Å². The zero-order valence-corrected chi connectivity index (χ0v) is 11.3. The number of amides is 1. The first kappa shape index (κ1) is 16.2. The van der Waals surface area contributed by atoms with Crippen LogP contribution < -0.4 is 5.32 Å². The van der Waals surface area contributed by atoms with Gasteiger partial charge in [-0.25, -0.2) is 9.59 Å².